The third kappa shape index (κ3) is 1.56. The summed E-state index contributed by atoms with van der Waals surface area (Å²) < 4.78 is 17.8. The van der Waals surface area contributed by atoms with Gasteiger partial charge in [-0.1, -0.05) is 5.16 Å². The van der Waals surface area contributed by atoms with Gasteiger partial charge in [-0.25, -0.2) is 4.39 Å². The zero-order chi connectivity index (χ0) is 11.0. The Morgan fingerprint density at radius 1 is 1.60 bits per heavy atom. The smallest absolute Gasteiger partial charge is 0.314 e. The van der Waals surface area contributed by atoms with E-state index in [2.05, 4.69) is 5.16 Å². The Kier molecular flexibility index (Phi) is 2.15. The maximum Gasteiger partial charge on any atom is 0.314 e. The van der Waals surface area contributed by atoms with E-state index in [1.165, 1.54) is 25.1 Å². The first-order valence-electron chi connectivity index (χ1n) is 4.37. The molecule has 1 aromatic carbocycles. The Balaban J connectivity index is 2.61. The highest BCUT2D eigenvalue weighted by atomic mass is 19.1. The molecule has 0 fully saturated rings. The van der Waals surface area contributed by atoms with E-state index in [-0.39, 0.29) is 5.76 Å². The van der Waals surface area contributed by atoms with Gasteiger partial charge in [0.15, 0.2) is 5.76 Å². The van der Waals surface area contributed by atoms with E-state index in [0.29, 0.717) is 10.9 Å². The lowest BCUT2D eigenvalue weighted by Crippen LogP contribution is -2.06. The molecule has 2 aromatic rings. The van der Waals surface area contributed by atoms with Gasteiger partial charge in [-0.3, -0.25) is 4.79 Å². The number of hydrogen-bond acceptors (Lipinski definition) is 3. The lowest BCUT2D eigenvalue weighted by Gasteiger charge is -2.00. The predicted molar refractivity (Wildman–Crippen MR) is 50.0 cm³/mol. The number of aromatic nitrogens is 1. The number of carboxylic acids is 1. The van der Waals surface area contributed by atoms with Gasteiger partial charge in [0, 0.05) is 5.39 Å². The van der Waals surface area contributed by atoms with Crippen LogP contribution in [0.5, 0.6) is 0 Å². The van der Waals surface area contributed by atoms with E-state index >= 15 is 0 Å². The van der Waals surface area contributed by atoms with Crippen LogP contribution in [-0.4, -0.2) is 16.2 Å². The van der Waals surface area contributed by atoms with Gasteiger partial charge in [-0.2, -0.15) is 0 Å². The molecule has 15 heavy (non-hydrogen) atoms. The first kappa shape index (κ1) is 9.64. The molecule has 0 aliphatic heterocycles. The maximum atomic E-state index is 12.9. The lowest BCUT2D eigenvalue weighted by atomic mass is 10.1. The van der Waals surface area contributed by atoms with Crippen molar-refractivity contribution >= 4 is 16.9 Å². The van der Waals surface area contributed by atoms with Crippen LogP contribution >= 0.6 is 0 Å². The minimum atomic E-state index is -1.03. The first-order valence-corrected chi connectivity index (χ1v) is 4.37. The normalized spacial score (nSPS) is 12.9. The lowest BCUT2D eigenvalue weighted by molar-refractivity contribution is -0.138. The summed E-state index contributed by atoms with van der Waals surface area (Å²) in [6.07, 6.45) is 0. The van der Waals surface area contributed by atoms with Crippen LogP contribution in [0.2, 0.25) is 0 Å². The van der Waals surface area contributed by atoms with Crippen LogP contribution in [0, 0.1) is 5.82 Å². The minimum Gasteiger partial charge on any atom is -0.481 e. The minimum absolute atomic E-state index is 0.178. The fourth-order valence-electron chi connectivity index (χ4n) is 1.36. The third-order valence-electron chi connectivity index (χ3n) is 2.23. The molecule has 1 heterocycles. The molecule has 0 aliphatic carbocycles. The van der Waals surface area contributed by atoms with Crippen LogP contribution < -0.4 is 0 Å². The average molecular weight is 209 g/mol. The second-order valence-corrected chi connectivity index (χ2v) is 3.27. The summed E-state index contributed by atoms with van der Waals surface area (Å²) in [6.45, 7) is 1.47. The van der Waals surface area contributed by atoms with Gasteiger partial charge in [0.1, 0.15) is 17.3 Å². The van der Waals surface area contributed by atoms with Gasteiger partial charge in [0.2, 0.25) is 0 Å². The fraction of sp³-hybridized carbons (Fsp3) is 0.200. The molecule has 0 aliphatic rings. The van der Waals surface area contributed by atoms with E-state index < -0.39 is 17.7 Å². The molecule has 4 nitrogen and oxygen atoms in total. The summed E-state index contributed by atoms with van der Waals surface area (Å²) in [6, 6.07) is 3.92. The summed E-state index contributed by atoms with van der Waals surface area (Å²) in [5.74, 6) is -2.13. The van der Waals surface area contributed by atoms with Crippen molar-refractivity contribution in [1.29, 1.82) is 0 Å². The Morgan fingerprint density at radius 2 is 2.33 bits per heavy atom. The molecule has 1 N–H and O–H groups in total. The zero-order valence-corrected chi connectivity index (χ0v) is 7.90. The number of rotatable bonds is 2. The van der Waals surface area contributed by atoms with Gasteiger partial charge in [0.25, 0.3) is 0 Å². The van der Waals surface area contributed by atoms with E-state index in [4.69, 9.17) is 9.63 Å². The summed E-state index contributed by atoms with van der Waals surface area (Å²) >= 11 is 0. The molecular weight excluding hydrogens is 201 g/mol. The number of fused-ring (bicyclic) bond motifs is 1. The number of benzene rings is 1. The molecule has 1 aromatic heterocycles. The van der Waals surface area contributed by atoms with E-state index in [0.717, 1.165) is 0 Å². The fourth-order valence-corrected chi connectivity index (χ4v) is 1.36. The zero-order valence-electron chi connectivity index (χ0n) is 7.90. The Morgan fingerprint density at radius 3 is 3.00 bits per heavy atom. The van der Waals surface area contributed by atoms with E-state index in [9.17, 15) is 9.18 Å². The molecule has 0 bridgehead atoms. The highest BCUT2D eigenvalue weighted by Crippen LogP contribution is 2.26. The highest BCUT2D eigenvalue weighted by Gasteiger charge is 2.21. The average Bonchev–Trinajstić information content (AvgIpc) is 2.59. The SMILES string of the molecule is CC(C(=O)O)c1onc2ccc(F)cc12. The summed E-state index contributed by atoms with van der Waals surface area (Å²) in [4.78, 5) is 10.7. The summed E-state index contributed by atoms with van der Waals surface area (Å²) in [7, 11) is 0. The Labute approximate surface area is 84.3 Å². The molecule has 2 rings (SSSR count). The van der Waals surface area contributed by atoms with E-state index in [1.54, 1.807) is 0 Å². The quantitative estimate of drug-likeness (QED) is 0.823. The van der Waals surface area contributed by atoms with Crippen molar-refractivity contribution < 1.29 is 18.8 Å². The van der Waals surface area contributed by atoms with Gasteiger partial charge in [-0.05, 0) is 25.1 Å². The first-order chi connectivity index (χ1) is 7.09. The van der Waals surface area contributed by atoms with E-state index in [1.807, 2.05) is 0 Å². The Bertz CT molecular complexity index is 520. The van der Waals surface area contributed by atoms with Crippen molar-refractivity contribution in [2.24, 2.45) is 0 Å². The van der Waals surface area contributed by atoms with Crippen molar-refractivity contribution in [3.63, 3.8) is 0 Å². The standard InChI is InChI=1S/C10H8FNO3/c1-5(10(13)14)9-7-4-6(11)2-3-8(7)12-15-9/h2-5H,1H3,(H,13,14). The molecular formula is C10H8FNO3. The number of aliphatic carboxylic acids is 1. The molecule has 0 radical (unpaired) electrons. The van der Waals surface area contributed by atoms with Gasteiger partial charge >= 0.3 is 5.97 Å². The summed E-state index contributed by atoms with van der Waals surface area (Å²) in [5.41, 5.74) is 0.458. The molecule has 0 saturated heterocycles. The van der Waals surface area contributed by atoms with Crippen LogP contribution in [0.3, 0.4) is 0 Å². The topological polar surface area (TPSA) is 63.3 Å². The molecule has 1 unspecified atom stereocenters. The summed E-state index contributed by atoms with van der Waals surface area (Å²) in [5, 5.41) is 12.9. The number of carbonyl (C=O) groups is 1. The number of halogens is 1. The maximum absolute atomic E-state index is 12.9. The van der Waals surface area contributed by atoms with Crippen molar-refractivity contribution in [3.8, 4) is 0 Å². The number of hydrogen-bond donors (Lipinski definition) is 1. The van der Waals surface area contributed by atoms with Crippen LogP contribution in [0.25, 0.3) is 10.9 Å². The van der Waals surface area contributed by atoms with Gasteiger partial charge in [-0.15, -0.1) is 0 Å². The Hall–Kier alpha value is -1.91. The van der Waals surface area contributed by atoms with Crippen molar-refractivity contribution in [1.82, 2.24) is 5.16 Å². The van der Waals surface area contributed by atoms with Crippen LogP contribution in [0.15, 0.2) is 22.7 Å². The van der Waals surface area contributed by atoms with Crippen LogP contribution in [-0.2, 0) is 4.79 Å². The molecule has 78 valence electrons. The number of carboxylic acid groups (broad SMARTS) is 1. The number of nitrogens with zero attached hydrogens (tertiary/aromatic N) is 1. The molecule has 0 amide bonds. The second kappa shape index (κ2) is 3.34. The molecule has 5 heteroatoms. The van der Waals surface area contributed by atoms with Crippen molar-refractivity contribution in [2.75, 3.05) is 0 Å². The third-order valence-corrected chi connectivity index (χ3v) is 2.23. The molecule has 0 spiro atoms. The van der Waals surface area contributed by atoms with Gasteiger partial charge in [0.05, 0.1) is 0 Å². The largest absolute Gasteiger partial charge is 0.481 e. The predicted octanol–water partition coefficient (Wildman–Crippen LogP) is 2.16. The van der Waals surface area contributed by atoms with Crippen LogP contribution in [0.4, 0.5) is 4.39 Å². The van der Waals surface area contributed by atoms with Gasteiger partial charge < -0.3 is 9.63 Å². The monoisotopic (exact) mass is 209 g/mol. The molecule has 0 saturated carbocycles. The highest BCUT2D eigenvalue weighted by molar-refractivity contribution is 5.86. The second-order valence-electron chi connectivity index (χ2n) is 3.27. The van der Waals surface area contributed by atoms with Crippen molar-refractivity contribution in [3.05, 3.63) is 29.8 Å². The van der Waals surface area contributed by atoms with Crippen molar-refractivity contribution in [2.45, 2.75) is 12.8 Å². The molecule has 1 atom stereocenters. The van der Waals surface area contributed by atoms with Crippen LogP contribution in [0.1, 0.15) is 18.6 Å².